The zero-order valence-electron chi connectivity index (χ0n) is 13.4. The molecule has 0 spiro atoms. The first kappa shape index (κ1) is 17.9. The van der Waals surface area contributed by atoms with Gasteiger partial charge in [-0.1, -0.05) is 23.7 Å². The maximum atomic E-state index is 13.5. The second kappa shape index (κ2) is 8.40. The summed E-state index contributed by atoms with van der Waals surface area (Å²) in [6.45, 7) is 0.291. The minimum atomic E-state index is -0.359. The van der Waals surface area contributed by atoms with Crippen molar-refractivity contribution in [3.05, 3.63) is 47.2 Å². The number of carbonyl (C=O) groups excluding carboxylic acids is 1. The molecule has 1 amide bonds. The number of methoxy groups -OCH3 is 2. The number of hydrogen-bond acceptors (Lipinski definition) is 4. The van der Waals surface area contributed by atoms with Crippen molar-refractivity contribution in [2.45, 2.75) is 6.42 Å². The number of nitrogens with one attached hydrogen (secondary N) is 2. The normalized spacial score (nSPS) is 10.2. The van der Waals surface area contributed by atoms with Crippen LogP contribution in [0.4, 0.5) is 15.8 Å². The molecule has 24 heavy (non-hydrogen) atoms. The van der Waals surface area contributed by atoms with Crippen LogP contribution in [0.5, 0.6) is 11.5 Å². The van der Waals surface area contributed by atoms with Crippen LogP contribution >= 0.6 is 11.6 Å². The quantitative estimate of drug-likeness (QED) is 0.792. The van der Waals surface area contributed by atoms with Crippen molar-refractivity contribution in [1.29, 1.82) is 0 Å². The summed E-state index contributed by atoms with van der Waals surface area (Å²) >= 11 is 6.02. The van der Waals surface area contributed by atoms with Crippen molar-refractivity contribution >= 4 is 28.9 Å². The Bertz CT molecular complexity index is 725. The van der Waals surface area contributed by atoms with Crippen LogP contribution in [0.25, 0.3) is 0 Å². The minimum absolute atomic E-state index is 0.155. The molecule has 0 heterocycles. The third-order valence-corrected chi connectivity index (χ3v) is 3.58. The van der Waals surface area contributed by atoms with Gasteiger partial charge in [0.15, 0.2) is 0 Å². The Morgan fingerprint density at radius 3 is 2.50 bits per heavy atom. The molecular formula is C17H18ClFN2O3. The molecule has 128 valence electrons. The molecule has 0 atom stereocenters. The summed E-state index contributed by atoms with van der Waals surface area (Å²) in [5.41, 5.74) is 0.811. The third-order valence-electron chi connectivity index (χ3n) is 3.29. The molecule has 0 saturated heterocycles. The zero-order chi connectivity index (χ0) is 17.5. The van der Waals surface area contributed by atoms with Gasteiger partial charge in [0.2, 0.25) is 5.91 Å². The molecule has 2 N–H and O–H groups in total. The van der Waals surface area contributed by atoms with Crippen LogP contribution in [0.3, 0.4) is 0 Å². The fraction of sp³-hybridized carbons (Fsp3) is 0.235. The minimum Gasteiger partial charge on any atom is -0.495 e. The Balaban J connectivity index is 1.96. The highest BCUT2D eigenvalue weighted by Crippen LogP contribution is 2.35. The fourth-order valence-corrected chi connectivity index (χ4v) is 2.32. The Morgan fingerprint density at radius 1 is 1.12 bits per heavy atom. The molecule has 0 aromatic heterocycles. The second-order valence-corrected chi connectivity index (χ2v) is 5.30. The monoisotopic (exact) mass is 352 g/mol. The third kappa shape index (κ3) is 4.52. The predicted octanol–water partition coefficient (Wildman–Crippen LogP) is 3.94. The molecule has 0 aliphatic heterocycles. The van der Waals surface area contributed by atoms with Crippen molar-refractivity contribution in [1.82, 2.24) is 0 Å². The maximum Gasteiger partial charge on any atom is 0.226 e. The van der Waals surface area contributed by atoms with Crippen molar-refractivity contribution < 1.29 is 18.7 Å². The maximum absolute atomic E-state index is 13.5. The molecule has 0 unspecified atom stereocenters. The van der Waals surface area contributed by atoms with Crippen molar-refractivity contribution in [2.24, 2.45) is 0 Å². The van der Waals surface area contributed by atoms with Gasteiger partial charge in [-0.25, -0.2) is 4.39 Å². The lowest BCUT2D eigenvalue weighted by molar-refractivity contribution is -0.116. The molecule has 0 aliphatic carbocycles. The van der Waals surface area contributed by atoms with Gasteiger partial charge in [0.05, 0.1) is 30.6 Å². The Hall–Kier alpha value is -2.47. The Kier molecular flexibility index (Phi) is 6.26. The molecule has 2 rings (SSSR count). The number of amides is 1. The first-order chi connectivity index (χ1) is 11.5. The standard InChI is InChI=1S/C17H18ClFN2O3/c1-23-15-10-14(16(24-2)9-11(15)18)21-17(22)7-8-20-13-6-4-3-5-12(13)19/h3-6,9-10,20H,7-8H2,1-2H3,(H,21,22). The van der Waals surface area contributed by atoms with Gasteiger partial charge in [-0.2, -0.15) is 0 Å². The number of rotatable bonds is 7. The number of ether oxygens (including phenoxy) is 2. The van der Waals surface area contributed by atoms with Crippen LogP contribution in [0.2, 0.25) is 5.02 Å². The molecule has 0 aliphatic rings. The highest BCUT2D eigenvalue weighted by molar-refractivity contribution is 6.32. The molecular weight excluding hydrogens is 335 g/mol. The average molecular weight is 353 g/mol. The van der Waals surface area contributed by atoms with E-state index in [2.05, 4.69) is 10.6 Å². The number of hydrogen-bond donors (Lipinski definition) is 2. The van der Waals surface area contributed by atoms with Crippen molar-refractivity contribution in [2.75, 3.05) is 31.4 Å². The lowest BCUT2D eigenvalue weighted by atomic mass is 10.2. The van der Waals surface area contributed by atoms with E-state index in [1.165, 1.54) is 20.3 Å². The lowest BCUT2D eigenvalue weighted by Crippen LogP contribution is -2.17. The van der Waals surface area contributed by atoms with Crippen molar-refractivity contribution in [3.63, 3.8) is 0 Å². The molecule has 2 aromatic carbocycles. The highest BCUT2D eigenvalue weighted by Gasteiger charge is 2.12. The van der Waals surface area contributed by atoms with E-state index in [-0.39, 0.29) is 18.1 Å². The molecule has 0 saturated carbocycles. The van der Waals surface area contributed by atoms with E-state index in [1.807, 2.05) is 0 Å². The first-order valence-corrected chi connectivity index (χ1v) is 7.62. The average Bonchev–Trinajstić information content (AvgIpc) is 2.57. The number of halogens is 2. The van der Waals surface area contributed by atoms with Gasteiger partial charge in [0, 0.05) is 25.1 Å². The summed E-state index contributed by atoms with van der Waals surface area (Å²) in [6.07, 6.45) is 0.155. The van der Waals surface area contributed by atoms with E-state index >= 15 is 0 Å². The fourth-order valence-electron chi connectivity index (χ4n) is 2.09. The van der Waals surface area contributed by atoms with Crippen LogP contribution < -0.4 is 20.1 Å². The predicted molar refractivity (Wildman–Crippen MR) is 92.7 cm³/mol. The van der Waals surface area contributed by atoms with E-state index in [4.69, 9.17) is 21.1 Å². The largest absolute Gasteiger partial charge is 0.495 e. The second-order valence-electron chi connectivity index (χ2n) is 4.89. The van der Waals surface area contributed by atoms with Gasteiger partial charge in [-0.3, -0.25) is 4.79 Å². The number of para-hydroxylation sites is 1. The van der Waals surface area contributed by atoms with Gasteiger partial charge < -0.3 is 20.1 Å². The molecule has 0 radical (unpaired) electrons. The molecule has 7 heteroatoms. The van der Waals surface area contributed by atoms with Crippen LogP contribution in [0.1, 0.15) is 6.42 Å². The molecule has 2 aromatic rings. The van der Waals surface area contributed by atoms with E-state index in [9.17, 15) is 9.18 Å². The molecule has 0 fully saturated rings. The van der Waals surface area contributed by atoms with Crippen LogP contribution in [0.15, 0.2) is 36.4 Å². The van der Waals surface area contributed by atoms with Gasteiger partial charge in [0.1, 0.15) is 17.3 Å². The number of benzene rings is 2. The lowest BCUT2D eigenvalue weighted by Gasteiger charge is -2.13. The summed E-state index contributed by atoms with van der Waals surface area (Å²) in [5, 5.41) is 5.99. The van der Waals surface area contributed by atoms with E-state index in [0.29, 0.717) is 34.4 Å². The number of carbonyl (C=O) groups is 1. The Morgan fingerprint density at radius 2 is 1.83 bits per heavy atom. The summed E-state index contributed by atoms with van der Waals surface area (Å²) in [6, 6.07) is 9.44. The first-order valence-electron chi connectivity index (χ1n) is 7.25. The van der Waals surface area contributed by atoms with Crippen LogP contribution in [0, 0.1) is 5.82 Å². The summed E-state index contributed by atoms with van der Waals surface area (Å²) in [5.74, 6) is 0.247. The van der Waals surface area contributed by atoms with Gasteiger partial charge in [-0.05, 0) is 12.1 Å². The van der Waals surface area contributed by atoms with E-state index < -0.39 is 0 Å². The smallest absolute Gasteiger partial charge is 0.226 e. The molecule has 0 bridgehead atoms. The summed E-state index contributed by atoms with van der Waals surface area (Å²) in [4.78, 5) is 12.1. The topological polar surface area (TPSA) is 59.6 Å². The van der Waals surface area contributed by atoms with Crippen molar-refractivity contribution in [3.8, 4) is 11.5 Å². The number of anilines is 2. The van der Waals surface area contributed by atoms with Crippen LogP contribution in [-0.4, -0.2) is 26.7 Å². The summed E-state index contributed by atoms with van der Waals surface area (Å²) < 4.78 is 23.8. The van der Waals surface area contributed by atoms with E-state index in [0.717, 1.165) is 0 Å². The van der Waals surface area contributed by atoms with E-state index in [1.54, 1.807) is 30.3 Å². The molecule has 5 nitrogen and oxygen atoms in total. The SMILES string of the molecule is COc1cc(NC(=O)CCNc2ccccc2F)c(OC)cc1Cl. The summed E-state index contributed by atoms with van der Waals surface area (Å²) in [7, 11) is 2.96. The van der Waals surface area contributed by atoms with Gasteiger partial charge in [-0.15, -0.1) is 0 Å². The van der Waals surface area contributed by atoms with Gasteiger partial charge in [0.25, 0.3) is 0 Å². The Labute approximate surface area is 144 Å². The highest BCUT2D eigenvalue weighted by atomic mass is 35.5. The van der Waals surface area contributed by atoms with Gasteiger partial charge >= 0.3 is 0 Å². The van der Waals surface area contributed by atoms with Crippen LogP contribution in [-0.2, 0) is 4.79 Å². The zero-order valence-corrected chi connectivity index (χ0v) is 14.1.